The topological polar surface area (TPSA) is 59.4 Å². The molecule has 0 bridgehead atoms. The number of benzene rings is 1. The van der Waals surface area contributed by atoms with Gasteiger partial charge in [0.2, 0.25) is 0 Å². The van der Waals surface area contributed by atoms with E-state index in [1.54, 1.807) is 22.2 Å². The van der Waals surface area contributed by atoms with Crippen LogP contribution < -0.4 is 10.9 Å². The number of hydrogen-bond donors (Lipinski definition) is 1. The molecular formula is C23H26F2N4O2S. The maximum atomic E-state index is 13.4. The van der Waals surface area contributed by atoms with Gasteiger partial charge in [-0.1, -0.05) is 0 Å². The standard InChI is InChI=1S/C23H26F2N4O2S/c24-16-9-15(10-17(25)11-16)13-26-18-1-2-19-20(12-18)32-22-21(19)23(30)29(14-27-22)4-3-28-5-7-31-8-6-28/h9-11,14,18,26H,1-8,12-13H2/t18-/m0/s1. The van der Waals surface area contributed by atoms with E-state index in [1.165, 1.54) is 17.0 Å². The predicted octanol–water partition coefficient (Wildman–Crippen LogP) is 2.72. The summed E-state index contributed by atoms with van der Waals surface area (Å²) in [6, 6.07) is 3.79. The number of hydrogen-bond acceptors (Lipinski definition) is 6. The highest BCUT2D eigenvalue weighted by atomic mass is 32.1. The fourth-order valence-electron chi connectivity index (χ4n) is 4.58. The maximum Gasteiger partial charge on any atom is 0.262 e. The van der Waals surface area contributed by atoms with Crippen LogP contribution in [0, 0.1) is 11.6 Å². The minimum absolute atomic E-state index is 0.0439. The van der Waals surface area contributed by atoms with Crippen LogP contribution in [0.3, 0.4) is 0 Å². The molecule has 170 valence electrons. The molecule has 1 saturated heterocycles. The summed E-state index contributed by atoms with van der Waals surface area (Å²) in [4.78, 5) is 22.1. The van der Waals surface area contributed by atoms with E-state index >= 15 is 0 Å². The molecule has 3 heterocycles. The molecule has 6 nitrogen and oxygen atoms in total. The van der Waals surface area contributed by atoms with Crippen molar-refractivity contribution in [2.75, 3.05) is 32.8 Å². The Hall–Kier alpha value is -2.20. The van der Waals surface area contributed by atoms with E-state index < -0.39 is 11.6 Å². The molecule has 0 saturated carbocycles. The smallest absolute Gasteiger partial charge is 0.262 e. The van der Waals surface area contributed by atoms with Crippen LogP contribution in [0.25, 0.3) is 10.2 Å². The maximum absolute atomic E-state index is 13.4. The molecule has 5 rings (SSSR count). The largest absolute Gasteiger partial charge is 0.379 e. The van der Waals surface area contributed by atoms with Gasteiger partial charge in [-0.05, 0) is 42.5 Å². The molecule has 1 N–H and O–H groups in total. The highest BCUT2D eigenvalue weighted by Crippen LogP contribution is 2.33. The highest BCUT2D eigenvalue weighted by molar-refractivity contribution is 7.18. The number of nitrogens with one attached hydrogen (secondary N) is 1. The molecular weight excluding hydrogens is 434 g/mol. The second-order valence-electron chi connectivity index (χ2n) is 8.48. The van der Waals surface area contributed by atoms with E-state index in [-0.39, 0.29) is 11.6 Å². The zero-order valence-electron chi connectivity index (χ0n) is 17.8. The molecule has 1 aromatic carbocycles. The third-order valence-electron chi connectivity index (χ3n) is 6.31. The van der Waals surface area contributed by atoms with Crippen LogP contribution >= 0.6 is 11.3 Å². The normalized spacial score (nSPS) is 19.4. The lowest BCUT2D eigenvalue weighted by atomic mass is 9.93. The highest BCUT2D eigenvalue weighted by Gasteiger charge is 2.25. The van der Waals surface area contributed by atoms with E-state index in [9.17, 15) is 13.6 Å². The van der Waals surface area contributed by atoms with E-state index in [1.807, 2.05) is 0 Å². The van der Waals surface area contributed by atoms with Gasteiger partial charge in [0.1, 0.15) is 16.5 Å². The molecule has 2 aromatic heterocycles. The first kappa shape index (κ1) is 21.6. The average Bonchev–Trinajstić information content (AvgIpc) is 3.16. The van der Waals surface area contributed by atoms with Crippen LogP contribution in [0.4, 0.5) is 8.78 Å². The number of rotatable bonds is 6. The minimum atomic E-state index is -0.562. The van der Waals surface area contributed by atoms with Crippen molar-refractivity contribution >= 4 is 21.6 Å². The molecule has 1 aliphatic carbocycles. The number of fused-ring (bicyclic) bond motifs is 3. The summed E-state index contributed by atoms with van der Waals surface area (Å²) in [6.45, 7) is 5.13. The SMILES string of the molecule is O=c1c2c3c(sc2ncn1CCN1CCOCC1)C[C@@H](NCc1cc(F)cc(F)c1)CC3. The number of nitrogens with zero attached hydrogens (tertiary/aromatic N) is 3. The zero-order valence-corrected chi connectivity index (χ0v) is 18.6. The van der Waals surface area contributed by atoms with Crippen molar-refractivity contribution < 1.29 is 13.5 Å². The van der Waals surface area contributed by atoms with Crippen molar-refractivity contribution in [3.05, 3.63) is 62.5 Å². The van der Waals surface area contributed by atoms with Crippen LogP contribution in [0.1, 0.15) is 22.4 Å². The number of ether oxygens (including phenoxy) is 1. The average molecular weight is 461 g/mol. The predicted molar refractivity (Wildman–Crippen MR) is 120 cm³/mol. The molecule has 1 atom stereocenters. The summed E-state index contributed by atoms with van der Waals surface area (Å²) in [6.07, 6.45) is 4.14. The third kappa shape index (κ3) is 4.61. The fourth-order valence-corrected chi connectivity index (χ4v) is 5.84. The zero-order chi connectivity index (χ0) is 22.1. The van der Waals surface area contributed by atoms with E-state index in [0.717, 1.165) is 74.0 Å². The molecule has 0 radical (unpaired) electrons. The van der Waals surface area contributed by atoms with Gasteiger partial charge in [-0.3, -0.25) is 14.3 Å². The molecule has 0 amide bonds. The van der Waals surface area contributed by atoms with Gasteiger partial charge in [0.25, 0.3) is 5.56 Å². The van der Waals surface area contributed by atoms with Gasteiger partial charge in [0.05, 0.1) is 24.9 Å². The van der Waals surface area contributed by atoms with Crippen LogP contribution in [0.15, 0.2) is 29.3 Å². The van der Waals surface area contributed by atoms with Gasteiger partial charge in [-0.2, -0.15) is 0 Å². The van der Waals surface area contributed by atoms with Gasteiger partial charge in [-0.15, -0.1) is 11.3 Å². The number of aryl methyl sites for hydroxylation is 1. The van der Waals surface area contributed by atoms with Crippen LogP contribution in [-0.4, -0.2) is 53.3 Å². The van der Waals surface area contributed by atoms with Gasteiger partial charge >= 0.3 is 0 Å². The Morgan fingerprint density at radius 2 is 1.94 bits per heavy atom. The van der Waals surface area contributed by atoms with Crippen molar-refractivity contribution in [3.63, 3.8) is 0 Å². The minimum Gasteiger partial charge on any atom is -0.379 e. The summed E-state index contributed by atoms with van der Waals surface area (Å²) >= 11 is 1.59. The van der Waals surface area contributed by atoms with Gasteiger partial charge in [0.15, 0.2) is 0 Å². The van der Waals surface area contributed by atoms with E-state index in [2.05, 4.69) is 15.2 Å². The van der Waals surface area contributed by atoms with E-state index in [4.69, 9.17) is 4.74 Å². The summed E-state index contributed by atoms with van der Waals surface area (Å²) in [5.74, 6) is -1.12. The van der Waals surface area contributed by atoms with Crippen LogP contribution in [0.2, 0.25) is 0 Å². The molecule has 2 aliphatic rings. The summed E-state index contributed by atoms with van der Waals surface area (Å²) in [5.41, 5.74) is 1.76. The summed E-state index contributed by atoms with van der Waals surface area (Å²) < 4.78 is 34.0. The van der Waals surface area contributed by atoms with Crippen molar-refractivity contribution in [2.45, 2.75) is 38.4 Å². The molecule has 1 aliphatic heterocycles. The quantitative estimate of drug-likeness (QED) is 0.613. The molecule has 32 heavy (non-hydrogen) atoms. The van der Waals surface area contributed by atoms with Crippen LogP contribution in [-0.2, 0) is 30.7 Å². The van der Waals surface area contributed by atoms with Crippen molar-refractivity contribution in [2.24, 2.45) is 0 Å². The Bertz CT molecular complexity index is 1150. The monoisotopic (exact) mass is 460 g/mol. The Balaban J connectivity index is 1.28. The summed E-state index contributed by atoms with van der Waals surface area (Å²) in [5, 5.41) is 4.18. The Kier molecular flexibility index (Phi) is 6.32. The van der Waals surface area contributed by atoms with Crippen molar-refractivity contribution in [1.29, 1.82) is 0 Å². The van der Waals surface area contributed by atoms with E-state index in [0.29, 0.717) is 18.7 Å². The molecule has 0 spiro atoms. The Morgan fingerprint density at radius 1 is 1.16 bits per heavy atom. The lowest BCUT2D eigenvalue weighted by Crippen LogP contribution is -2.39. The summed E-state index contributed by atoms with van der Waals surface area (Å²) in [7, 11) is 0. The number of halogens is 2. The Morgan fingerprint density at radius 3 is 2.72 bits per heavy atom. The van der Waals surface area contributed by atoms with Gasteiger partial charge < -0.3 is 10.1 Å². The second kappa shape index (κ2) is 9.35. The lowest BCUT2D eigenvalue weighted by Gasteiger charge is -2.26. The molecule has 1 fully saturated rings. The molecule has 3 aromatic rings. The fraction of sp³-hybridized carbons (Fsp3) is 0.478. The first-order chi connectivity index (χ1) is 15.6. The van der Waals surface area contributed by atoms with Crippen molar-refractivity contribution in [3.8, 4) is 0 Å². The third-order valence-corrected chi connectivity index (χ3v) is 7.48. The van der Waals surface area contributed by atoms with Gasteiger partial charge in [-0.25, -0.2) is 13.8 Å². The molecule has 9 heteroatoms. The first-order valence-electron chi connectivity index (χ1n) is 11.0. The van der Waals surface area contributed by atoms with Gasteiger partial charge in [0, 0.05) is 49.7 Å². The Labute approximate surface area is 188 Å². The first-order valence-corrected chi connectivity index (χ1v) is 11.9. The number of aromatic nitrogens is 2. The lowest BCUT2D eigenvalue weighted by molar-refractivity contribution is 0.0362. The number of morpholine rings is 1. The molecule has 0 unspecified atom stereocenters. The number of thiophene rings is 1. The second-order valence-corrected chi connectivity index (χ2v) is 9.56. The van der Waals surface area contributed by atoms with Crippen LogP contribution in [0.5, 0.6) is 0 Å². The van der Waals surface area contributed by atoms with Crippen molar-refractivity contribution in [1.82, 2.24) is 19.8 Å².